The fourth-order valence-corrected chi connectivity index (χ4v) is 4.24. The molecule has 0 unspecified atom stereocenters. The summed E-state index contributed by atoms with van der Waals surface area (Å²) >= 11 is 0. The Morgan fingerprint density at radius 2 is 1.52 bits per heavy atom. The van der Waals surface area contributed by atoms with Crippen LogP contribution in [0.25, 0.3) is 11.1 Å². The van der Waals surface area contributed by atoms with Crippen LogP contribution >= 0.6 is 0 Å². The highest BCUT2D eigenvalue weighted by atomic mass is 16.5. The van der Waals surface area contributed by atoms with E-state index in [9.17, 15) is 0 Å². The predicted molar refractivity (Wildman–Crippen MR) is 116 cm³/mol. The minimum atomic E-state index is 0.702. The third-order valence-corrected chi connectivity index (χ3v) is 5.97. The van der Waals surface area contributed by atoms with Crippen LogP contribution in [0.1, 0.15) is 69.4 Å². The van der Waals surface area contributed by atoms with Crippen molar-refractivity contribution in [2.45, 2.75) is 64.9 Å². The summed E-state index contributed by atoms with van der Waals surface area (Å²) in [5, 5.41) is 0. The van der Waals surface area contributed by atoms with Gasteiger partial charge in [-0.3, -0.25) is 0 Å². The second-order valence-electron chi connectivity index (χ2n) is 7.82. The molecule has 1 heteroatoms. The maximum absolute atomic E-state index is 5.48. The Morgan fingerprint density at radius 3 is 2.11 bits per heavy atom. The van der Waals surface area contributed by atoms with Crippen LogP contribution < -0.4 is 0 Å². The van der Waals surface area contributed by atoms with E-state index in [4.69, 9.17) is 4.74 Å². The van der Waals surface area contributed by atoms with E-state index in [2.05, 4.69) is 67.6 Å². The van der Waals surface area contributed by atoms with Crippen LogP contribution in [0.5, 0.6) is 0 Å². The summed E-state index contributed by atoms with van der Waals surface area (Å²) < 4.78 is 5.48. The van der Waals surface area contributed by atoms with E-state index in [-0.39, 0.29) is 0 Å². The van der Waals surface area contributed by atoms with Crippen molar-refractivity contribution in [1.29, 1.82) is 0 Å². The Bertz CT molecular complexity index is 688. The van der Waals surface area contributed by atoms with Crippen LogP contribution in [0.3, 0.4) is 0 Å². The lowest BCUT2D eigenvalue weighted by molar-refractivity contribution is 0.134. The number of hydrogen-bond acceptors (Lipinski definition) is 1. The summed E-state index contributed by atoms with van der Waals surface area (Å²) in [6, 6.07) is 18.1. The fourth-order valence-electron chi connectivity index (χ4n) is 4.24. The third-order valence-electron chi connectivity index (χ3n) is 5.97. The fraction of sp³-hybridized carbons (Fsp3) is 0.462. The molecule has 27 heavy (non-hydrogen) atoms. The molecule has 0 amide bonds. The lowest BCUT2D eigenvalue weighted by Gasteiger charge is -2.28. The lowest BCUT2D eigenvalue weighted by atomic mass is 9.77. The van der Waals surface area contributed by atoms with Gasteiger partial charge in [0.1, 0.15) is 0 Å². The molecule has 0 radical (unpaired) electrons. The molecule has 0 N–H and O–H groups in total. The summed E-state index contributed by atoms with van der Waals surface area (Å²) in [7, 11) is 0. The summed E-state index contributed by atoms with van der Waals surface area (Å²) in [6.07, 6.45) is 12.6. The van der Waals surface area contributed by atoms with E-state index >= 15 is 0 Å². The van der Waals surface area contributed by atoms with Gasteiger partial charge in [-0.2, -0.15) is 0 Å². The Hall–Kier alpha value is -1.86. The zero-order chi connectivity index (χ0) is 18.9. The first kappa shape index (κ1) is 19.9. The molecule has 0 spiro atoms. The topological polar surface area (TPSA) is 9.23 Å². The predicted octanol–water partition coefficient (Wildman–Crippen LogP) is 7.52. The molecule has 1 fully saturated rings. The molecule has 2 aromatic carbocycles. The first-order valence-electron chi connectivity index (χ1n) is 10.7. The molecule has 3 rings (SSSR count). The molecular weight excluding hydrogens is 328 g/mol. The van der Waals surface area contributed by atoms with Crippen molar-refractivity contribution in [3.05, 3.63) is 71.8 Å². The molecule has 0 aliphatic heterocycles. The van der Waals surface area contributed by atoms with Crippen molar-refractivity contribution in [1.82, 2.24) is 0 Å². The number of allylic oxidation sites excluding steroid dienone is 2. The van der Waals surface area contributed by atoms with Crippen molar-refractivity contribution in [3.63, 3.8) is 0 Å². The van der Waals surface area contributed by atoms with Gasteiger partial charge >= 0.3 is 0 Å². The highest BCUT2D eigenvalue weighted by Crippen LogP contribution is 2.38. The maximum Gasteiger partial charge on any atom is 0.0716 e. The normalized spacial score (nSPS) is 20.2. The molecule has 0 aromatic heterocycles. The van der Waals surface area contributed by atoms with E-state index < -0.39 is 0 Å². The van der Waals surface area contributed by atoms with Crippen molar-refractivity contribution >= 4 is 0 Å². The molecular formula is C26H34O. The second-order valence-corrected chi connectivity index (χ2v) is 7.82. The van der Waals surface area contributed by atoms with Crippen molar-refractivity contribution in [2.24, 2.45) is 5.92 Å². The summed E-state index contributed by atoms with van der Waals surface area (Å²) in [6.45, 7) is 5.62. The van der Waals surface area contributed by atoms with Gasteiger partial charge < -0.3 is 4.74 Å². The zero-order valence-corrected chi connectivity index (χ0v) is 17.0. The Labute approximate surface area is 165 Å². The van der Waals surface area contributed by atoms with Gasteiger partial charge in [0, 0.05) is 6.61 Å². The van der Waals surface area contributed by atoms with Gasteiger partial charge in [0.2, 0.25) is 0 Å². The molecule has 1 aliphatic rings. The van der Waals surface area contributed by atoms with E-state index in [1.807, 2.05) is 6.92 Å². The molecule has 0 heterocycles. The maximum atomic E-state index is 5.48. The van der Waals surface area contributed by atoms with Crippen LogP contribution in [-0.2, 0) is 11.3 Å². The standard InChI is InChI=1S/C26H34O/c1-3-5-6-7-21-8-12-23(13-9-21)25-16-18-26(19-17-25)24-14-10-22(11-15-24)20-27-4-2/h3,5,10-11,14-19,21,23H,4,6-9,12-13,20H2,1-2H3/b5-3+/t21-,23-. The first-order chi connectivity index (χ1) is 13.3. The molecule has 1 saturated carbocycles. The Kier molecular flexibility index (Phi) is 7.71. The Morgan fingerprint density at radius 1 is 0.889 bits per heavy atom. The van der Waals surface area contributed by atoms with Crippen LogP contribution in [0, 0.1) is 5.92 Å². The molecule has 0 bridgehead atoms. The van der Waals surface area contributed by atoms with E-state index in [0.29, 0.717) is 6.61 Å². The van der Waals surface area contributed by atoms with Gasteiger partial charge in [0.25, 0.3) is 0 Å². The van der Waals surface area contributed by atoms with Crippen LogP contribution in [-0.4, -0.2) is 6.61 Å². The van der Waals surface area contributed by atoms with Crippen molar-refractivity contribution in [2.75, 3.05) is 6.61 Å². The summed E-state index contributed by atoms with van der Waals surface area (Å²) in [4.78, 5) is 0. The highest BCUT2D eigenvalue weighted by molar-refractivity contribution is 5.64. The number of ether oxygens (including phenoxy) is 1. The van der Waals surface area contributed by atoms with E-state index in [0.717, 1.165) is 18.4 Å². The van der Waals surface area contributed by atoms with Gasteiger partial charge in [-0.05, 0) is 86.5 Å². The quantitative estimate of drug-likeness (QED) is 0.441. The first-order valence-corrected chi connectivity index (χ1v) is 10.7. The minimum absolute atomic E-state index is 0.702. The molecule has 1 nitrogen and oxygen atoms in total. The van der Waals surface area contributed by atoms with Gasteiger partial charge in [-0.15, -0.1) is 0 Å². The van der Waals surface area contributed by atoms with E-state index in [1.165, 1.54) is 60.8 Å². The van der Waals surface area contributed by atoms with Crippen LogP contribution in [0.15, 0.2) is 60.7 Å². The molecule has 144 valence electrons. The Balaban J connectivity index is 1.54. The van der Waals surface area contributed by atoms with Gasteiger partial charge in [-0.25, -0.2) is 0 Å². The summed E-state index contributed by atoms with van der Waals surface area (Å²) in [5.74, 6) is 1.69. The monoisotopic (exact) mass is 362 g/mol. The van der Waals surface area contributed by atoms with Crippen molar-refractivity contribution in [3.8, 4) is 11.1 Å². The van der Waals surface area contributed by atoms with E-state index in [1.54, 1.807) is 0 Å². The average Bonchev–Trinajstić information content (AvgIpc) is 2.73. The number of benzene rings is 2. The highest BCUT2D eigenvalue weighted by Gasteiger charge is 2.21. The SMILES string of the molecule is C/C=C/CC[C@H]1CC[C@H](c2ccc(-c3ccc(COCC)cc3)cc2)CC1. The smallest absolute Gasteiger partial charge is 0.0716 e. The molecule has 0 saturated heterocycles. The molecule has 1 aliphatic carbocycles. The van der Waals surface area contributed by atoms with Crippen LogP contribution in [0.4, 0.5) is 0 Å². The van der Waals surface area contributed by atoms with Gasteiger partial charge in [0.15, 0.2) is 0 Å². The molecule has 0 atom stereocenters. The number of hydrogen-bond donors (Lipinski definition) is 0. The third kappa shape index (κ3) is 5.81. The summed E-state index contributed by atoms with van der Waals surface area (Å²) in [5.41, 5.74) is 5.36. The zero-order valence-electron chi connectivity index (χ0n) is 17.0. The number of rotatable bonds is 8. The van der Waals surface area contributed by atoms with Crippen molar-refractivity contribution < 1.29 is 4.74 Å². The molecule has 2 aromatic rings. The second kappa shape index (κ2) is 10.5. The van der Waals surface area contributed by atoms with Crippen LogP contribution in [0.2, 0.25) is 0 Å². The average molecular weight is 363 g/mol. The minimum Gasteiger partial charge on any atom is -0.377 e. The van der Waals surface area contributed by atoms with Gasteiger partial charge in [0.05, 0.1) is 6.61 Å². The lowest BCUT2D eigenvalue weighted by Crippen LogP contribution is -2.13. The largest absolute Gasteiger partial charge is 0.377 e. The van der Waals surface area contributed by atoms with Gasteiger partial charge in [-0.1, -0.05) is 60.7 Å².